The molecule has 0 aromatic carbocycles. The van der Waals surface area contributed by atoms with Crippen LogP contribution in [0.15, 0.2) is 29.4 Å². The van der Waals surface area contributed by atoms with Gasteiger partial charge in [-0.05, 0) is 18.6 Å². The summed E-state index contributed by atoms with van der Waals surface area (Å²) >= 11 is 0. The molecular formula is C9H16N6O6. The molecular weight excluding hydrogens is 288 g/mol. The van der Waals surface area contributed by atoms with E-state index >= 15 is 0 Å². The van der Waals surface area contributed by atoms with Crippen molar-refractivity contribution in [1.82, 2.24) is 4.98 Å². The maximum absolute atomic E-state index is 9.34. The molecule has 0 amide bonds. The number of pyridine rings is 1. The summed E-state index contributed by atoms with van der Waals surface area (Å²) in [5.74, 6) is 0.557. The van der Waals surface area contributed by atoms with Gasteiger partial charge in [0, 0.05) is 6.20 Å². The Morgan fingerprint density at radius 3 is 2.29 bits per heavy atom. The first-order valence-corrected chi connectivity index (χ1v) is 5.40. The summed E-state index contributed by atoms with van der Waals surface area (Å²) in [4.78, 5) is 29.2. The molecule has 12 heteroatoms. The molecule has 21 heavy (non-hydrogen) atoms. The normalized spacial score (nSPS) is 8.05. The Bertz CT molecular complexity index is 432. The first-order valence-electron chi connectivity index (χ1n) is 5.40. The third-order valence-electron chi connectivity index (χ3n) is 1.29. The van der Waals surface area contributed by atoms with Crippen molar-refractivity contribution in [2.75, 3.05) is 6.61 Å². The third-order valence-corrected chi connectivity index (χ3v) is 1.29. The average Bonchev–Trinajstić information content (AvgIpc) is 2.37. The standard InChI is InChI=1S/C6H8N4.C3H7NO3.HNO3/c7-6(8)10-5-3-1-2-4-9-5;1-2-3-7-4(5)6;2-1(3)4/h1-4H,(H4,7,8,9,10);2-3H2,1H3;(H,2,3,4). The largest absolute Gasteiger partial charge is 0.370 e. The van der Waals surface area contributed by atoms with E-state index in [4.69, 9.17) is 26.8 Å². The SMILES string of the molecule is CCCO[N+](=O)[O-].NC(N)=Nc1ccccn1.O=[N+]([O-])O. The van der Waals surface area contributed by atoms with E-state index in [1.54, 1.807) is 18.3 Å². The lowest BCUT2D eigenvalue weighted by Crippen LogP contribution is -2.21. The fraction of sp³-hybridized carbons (Fsp3) is 0.333. The monoisotopic (exact) mass is 304 g/mol. The van der Waals surface area contributed by atoms with Gasteiger partial charge in [0.15, 0.2) is 11.8 Å². The predicted octanol–water partition coefficient (Wildman–Crippen LogP) is 0.244. The summed E-state index contributed by atoms with van der Waals surface area (Å²) in [5, 5.41) is 22.2. The molecule has 0 spiro atoms. The molecule has 1 aromatic heterocycles. The van der Waals surface area contributed by atoms with Crippen molar-refractivity contribution in [2.24, 2.45) is 16.5 Å². The maximum Gasteiger partial charge on any atom is 0.294 e. The number of hydrogen-bond donors (Lipinski definition) is 3. The summed E-state index contributed by atoms with van der Waals surface area (Å²) in [6.07, 6.45) is 2.31. The van der Waals surface area contributed by atoms with Crippen LogP contribution >= 0.6 is 0 Å². The van der Waals surface area contributed by atoms with Crippen LogP contribution in [0.4, 0.5) is 5.82 Å². The van der Waals surface area contributed by atoms with E-state index in [9.17, 15) is 10.1 Å². The van der Waals surface area contributed by atoms with Crippen LogP contribution in [-0.4, -0.2) is 32.9 Å². The van der Waals surface area contributed by atoms with Gasteiger partial charge in [0.05, 0.1) is 6.61 Å². The van der Waals surface area contributed by atoms with Crippen molar-refractivity contribution in [3.63, 3.8) is 0 Å². The van der Waals surface area contributed by atoms with Gasteiger partial charge in [-0.1, -0.05) is 13.0 Å². The number of rotatable bonds is 4. The minimum atomic E-state index is -1.50. The zero-order valence-electron chi connectivity index (χ0n) is 11.2. The molecule has 12 nitrogen and oxygen atoms in total. The molecule has 0 saturated carbocycles. The van der Waals surface area contributed by atoms with Gasteiger partial charge in [-0.15, -0.1) is 20.2 Å². The minimum Gasteiger partial charge on any atom is -0.370 e. The lowest BCUT2D eigenvalue weighted by molar-refractivity contribution is -0.757. The highest BCUT2D eigenvalue weighted by molar-refractivity contribution is 5.78. The van der Waals surface area contributed by atoms with Gasteiger partial charge in [-0.2, -0.15) is 4.99 Å². The number of nitrogens with two attached hydrogens (primary N) is 2. The number of guanidine groups is 1. The number of aliphatic imine (C=N–C) groups is 1. The molecule has 118 valence electrons. The molecule has 5 N–H and O–H groups in total. The zero-order chi connectivity index (χ0) is 16.7. The van der Waals surface area contributed by atoms with Crippen LogP contribution in [0.1, 0.15) is 13.3 Å². The van der Waals surface area contributed by atoms with Crippen LogP contribution < -0.4 is 11.5 Å². The molecule has 0 aliphatic heterocycles. The second-order valence-electron chi connectivity index (χ2n) is 3.02. The molecule has 0 unspecified atom stereocenters. The second kappa shape index (κ2) is 13.3. The highest BCUT2D eigenvalue weighted by atomic mass is 16.9. The van der Waals surface area contributed by atoms with Gasteiger partial charge in [0.1, 0.15) is 0 Å². The Morgan fingerprint density at radius 1 is 1.43 bits per heavy atom. The van der Waals surface area contributed by atoms with Crippen molar-refractivity contribution in [2.45, 2.75) is 13.3 Å². The Kier molecular flexibility index (Phi) is 12.7. The number of hydrogen-bond acceptors (Lipinski definition) is 7. The van der Waals surface area contributed by atoms with E-state index in [0.717, 1.165) is 0 Å². The van der Waals surface area contributed by atoms with Crippen LogP contribution in [0.2, 0.25) is 0 Å². The van der Waals surface area contributed by atoms with Crippen LogP contribution in [-0.2, 0) is 4.84 Å². The van der Waals surface area contributed by atoms with E-state index < -0.39 is 10.2 Å². The van der Waals surface area contributed by atoms with Crippen LogP contribution in [0.3, 0.4) is 0 Å². The van der Waals surface area contributed by atoms with Gasteiger partial charge in [0.25, 0.3) is 10.2 Å². The summed E-state index contributed by atoms with van der Waals surface area (Å²) in [5.41, 5.74) is 10.2. The van der Waals surface area contributed by atoms with Gasteiger partial charge < -0.3 is 21.5 Å². The molecule has 0 atom stereocenters. The fourth-order valence-corrected chi connectivity index (χ4v) is 0.718. The van der Waals surface area contributed by atoms with Crippen molar-refractivity contribution in [1.29, 1.82) is 0 Å². The molecule has 0 fully saturated rings. The molecule has 0 bridgehead atoms. The Morgan fingerprint density at radius 2 is 2.00 bits per heavy atom. The lowest BCUT2D eigenvalue weighted by atomic mass is 10.5. The minimum absolute atomic E-state index is 0.0266. The first-order chi connectivity index (χ1) is 9.79. The molecule has 0 saturated heterocycles. The van der Waals surface area contributed by atoms with Crippen molar-refractivity contribution >= 4 is 11.8 Å². The summed E-state index contributed by atoms with van der Waals surface area (Å²) in [6, 6.07) is 5.33. The second-order valence-corrected chi connectivity index (χ2v) is 3.02. The molecule has 0 aliphatic carbocycles. The van der Waals surface area contributed by atoms with E-state index in [1.807, 2.05) is 13.0 Å². The van der Waals surface area contributed by atoms with Crippen molar-refractivity contribution in [3.05, 3.63) is 44.6 Å². The van der Waals surface area contributed by atoms with E-state index in [-0.39, 0.29) is 12.6 Å². The van der Waals surface area contributed by atoms with Crippen LogP contribution in [0.5, 0.6) is 0 Å². The first kappa shape index (κ1) is 20.1. The Balaban J connectivity index is 0. The van der Waals surface area contributed by atoms with Crippen LogP contribution in [0, 0.1) is 20.2 Å². The highest BCUT2D eigenvalue weighted by Crippen LogP contribution is 2.02. The molecule has 1 rings (SSSR count). The third kappa shape index (κ3) is 22.5. The van der Waals surface area contributed by atoms with Gasteiger partial charge in [-0.25, -0.2) is 4.98 Å². The summed E-state index contributed by atoms with van der Waals surface area (Å²) in [6.45, 7) is 2.01. The fourth-order valence-electron chi connectivity index (χ4n) is 0.718. The Labute approximate surface area is 119 Å². The van der Waals surface area contributed by atoms with Gasteiger partial charge in [0.2, 0.25) is 0 Å². The zero-order valence-corrected chi connectivity index (χ0v) is 11.2. The maximum atomic E-state index is 9.34. The number of nitrogens with zero attached hydrogens (tertiary/aromatic N) is 4. The predicted molar refractivity (Wildman–Crippen MR) is 71.7 cm³/mol. The van der Waals surface area contributed by atoms with E-state index in [1.165, 1.54) is 0 Å². The molecule has 1 aromatic rings. The molecule has 0 radical (unpaired) electrons. The highest BCUT2D eigenvalue weighted by Gasteiger charge is 1.87. The van der Waals surface area contributed by atoms with Gasteiger partial charge in [-0.3, -0.25) is 0 Å². The van der Waals surface area contributed by atoms with Gasteiger partial charge >= 0.3 is 0 Å². The molecule has 1 heterocycles. The smallest absolute Gasteiger partial charge is 0.294 e. The average molecular weight is 304 g/mol. The van der Waals surface area contributed by atoms with E-state index in [0.29, 0.717) is 12.2 Å². The molecule has 0 aliphatic rings. The topological polar surface area (TPSA) is 193 Å². The quantitative estimate of drug-likeness (QED) is 0.302. The lowest BCUT2D eigenvalue weighted by Gasteiger charge is -1.90. The van der Waals surface area contributed by atoms with E-state index in [2.05, 4.69) is 14.8 Å². The number of aromatic nitrogens is 1. The van der Waals surface area contributed by atoms with Crippen molar-refractivity contribution in [3.8, 4) is 0 Å². The summed E-state index contributed by atoms with van der Waals surface area (Å²) in [7, 11) is 0. The summed E-state index contributed by atoms with van der Waals surface area (Å²) < 4.78 is 0. The Hall–Kier alpha value is -3.18. The van der Waals surface area contributed by atoms with Crippen LogP contribution in [0.25, 0.3) is 0 Å². The van der Waals surface area contributed by atoms with Crippen molar-refractivity contribution < 1.29 is 20.2 Å².